The van der Waals surface area contributed by atoms with E-state index in [2.05, 4.69) is 10.3 Å². The number of aryl methyl sites for hydroxylation is 1. The summed E-state index contributed by atoms with van der Waals surface area (Å²) in [4.78, 5) is 30.0. The van der Waals surface area contributed by atoms with Crippen LogP contribution in [0.1, 0.15) is 24.8 Å². The van der Waals surface area contributed by atoms with Crippen molar-refractivity contribution in [3.8, 4) is 0 Å². The fourth-order valence-electron chi connectivity index (χ4n) is 2.46. The first-order valence-corrected chi connectivity index (χ1v) is 7.62. The van der Waals surface area contributed by atoms with Gasteiger partial charge in [-0.05, 0) is 37.8 Å². The third kappa shape index (κ3) is 4.18. The molecule has 7 heteroatoms. The van der Waals surface area contributed by atoms with E-state index in [-0.39, 0.29) is 18.4 Å². The first-order valence-electron chi connectivity index (χ1n) is 7.25. The standard InChI is InChI=1S/C15H20ClN3O3/c1-10-7-11(16)8-17-14(10)18-13(20)9-19-6-4-3-5-12(22-2)15(19)21/h7-8,12H,3-6,9H2,1-2H3,(H,17,18,20). The Bertz CT molecular complexity index is 565. The van der Waals surface area contributed by atoms with E-state index in [9.17, 15) is 9.59 Å². The summed E-state index contributed by atoms with van der Waals surface area (Å²) >= 11 is 5.84. The number of anilines is 1. The quantitative estimate of drug-likeness (QED) is 0.919. The van der Waals surface area contributed by atoms with Crippen LogP contribution in [-0.2, 0) is 14.3 Å². The molecule has 6 nitrogen and oxygen atoms in total. The first-order chi connectivity index (χ1) is 10.5. The van der Waals surface area contributed by atoms with Crippen LogP contribution < -0.4 is 5.32 Å². The lowest BCUT2D eigenvalue weighted by atomic mass is 10.2. The van der Waals surface area contributed by atoms with Crippen LogP contribution >= 0.6 is 11.6 Å². The van der Waals surface area contributed by atoms with Gasteiger partial charge >= 0.3 is 0 Å². The van der Waals surface area contributed by atoms with Crippen molar-refractivity contribution in [2.45, 2.75) is 32.3 Å². The summed E-state index contributed by atoms with van der Waals surface area (Å²) in [6.07, 6.45) is 3.51. The van der Waals surface area contributed by atoms with Crippen molar-refractivity contribution in [2.24, 2.45) is 0 Å². The zero-order valence-corrected chi connectivity index (χ0v) is 13.5. The van der Waals surface area contributed by atoms with Gasteiger partial charge in [-0.25, -0.2) is 4.98 Å². The molecule has 22 heavy (non-hydrogen) atoms. The molecule has 1 fully saturated rings. The van der Waals surface area contributed by atoms with Gasteiger partial charge < -0.3 is 15.0 Å². The minimum Gasteiger partial charge on any atom is -0.372 e. The number of nitrogens with one attached hydrogen (secondary N) is 1. The minimum atomic E-state index is -0.453. The molecule has 0 bridgehead atoms. The van der Waals surface area contributed by atoms with E-state index in [1.165, 1.54) is 13.3 Å². The molecular weight excluding hydrogens is 306 g/mol. The molecule has 0 aliphatic carbocycles. The number of aromatic nitrogens is 1. The van der Waals surface area contributed by atoms with Gasteiger partial charge in [-0.2, -0.15) is 0 Å². The third-order valence-electron chi connectivity index (χ3n) is 3.65. The zero-order chi connectivity index (χ0) is 16.1. The van der Waals surface area contributed by atoms with Crippen molar-refractivity contribution in [1.82, 2.24) is 9.88 Å². The Morgan fingerprint density at radius 3 is 3.00 bits per heavy atom. The Balaban J connectivity index is 1.99. The van der Waals surface area contributed by atoms with Gasteiger partial charge in [0.25, 0.3) is 5.91 Å². The fraction of sp³-hybridized carbons (Fsp3) is 0.533. The molecule has 1 aliphatic rings. The predicted octanol–water partition coefficient (Wildman–Crippen LogP) is 2.01. The highest BCUT2D eigenvalue weighted by atomic mass is 35.5. The number of pyridine rings is 1. The van der Waals surface area contributed by atoms with Crippen molar-refractivity contribution in [2.75, 3.05) is 25.5 Å². The lowest BCUT2D eigenvalue weighted by Gasteiger charge is -2.23. The SMILES string of the molecule is COC1CCCCN(CC(=O)Nc2ncc(Cl)cc2C)C1=O. The first kappa shape index (κ1) is 16.7. The van der Waals surface area contributed by atoms with Crippen LogP contribution in [0, 0.1) is 6.92 Å². The van der Waals surface area contributed by atoms with Gasteiger partial charge in [0.1, 0.15) is 11.9 Å². The maximum Gasteiger partial charge on any atom is 0.252 e. The molecule has 2 heterocycles. The lowest BCUT2D eigenvalue weighted by molar-refractivity contribution is -0.143. The summed E-state index contributed by atoms with van der Waals surface area (Å²) in [5.41, 5.74) is 0.776. The van der Waals surface area contributed by atoms with Crippen LogP contribution in [0.3, 0.4) is 0 Å². The van der Waals surface area contributed by atoms with Gasteiger partial charge in [0.2, 0.25) is 5.91 Å². The predicted molar refractivity (Wildman–Crippen MR) is 83.8 cm³/mol. The van der Waals surface area contributed by atoms with Crippen molar-refractivity contribution >= 4 is 29.2 Å². The highest BCUT2D eigenvalue weighted by molar-refractivity contribution is 6.30. The molecule has 1 aromatic heterocycles. The summed E-state index contributed by atoms with van der Waals surface area (Å²) < 4.78 is 5.20. The Morgan fingerprint density at radius 1 is 1.55 bits per heavy atom. The number of ether oxygens (including phenoxy) is 1. The number of halogens is 1. The van der Waals surface area contributed by atoms with Gasteiger partial charge in [0.05, 0.1) is 11.6 Å². The molecule has 1 N–H and O–H groups in total. The largest absolute Gasteiger partial charge is 0.372 e. The summed E-state index contributed by atoms with van der Waals surface area (Å²) in [7, 11) is 1.52. The van der Waals surface area contributed by atoms with E-state index in [0.29, 0.717) is 23.8 Å². The summed E-state index contributed by atoms with van der Waals surface area (Å²) in [5, 5.41) is 3.23. The fourth-order valence-corrected chi connectivity index (χ4v) is 2.67. The monoisotopic (exact) mass is 325 g/mol. The topological polar surface area (TPSA) is 71.5 Å². The Morgan fingerprint density at radius 2 is 2.32 bits per heavy atom. The Kier molecular flexibility index (Phi) is 5.74. The second kappa shape index (κ2) is 7.56. The smallest absolute Gasteiger partial charge is 0.252 e. The van der Waals surface area contributed by atoms with Crippen molar-refractivity contribution in [3.63, 3.8) is 0 Å². The molecule has 0 spiro atoms. The van der Waals surface area contributed by atoms with E-state index in [4.69, 9.17) is 16.3 Å². The molecule has 2 amide bonds. The van der Waals surface area contributed by atoms with Crippen LogP contribution in [0.2, 0.25) is 5.02 Å². The molecule has 0 saturated carbocycles. The van der Waals surface area contributed by atoms with Crippen LogP contribution in [0.25, 0.3) is 0 Å². The van der Waals surface area contributed by atoms with Crippen LogP contribution in [0.5, 0.6) is 0 Å². The molecule has 1 atom stereocenters. The maximum atomic E-state index is 12.3. The number of hydrogen-bond donors (Lipinski definition) is 1. The maximum absolute atomic E-state index is 12.3. The second-order valence-electron chi connectivity index (χ2n) is 5.35. The normalized spacial score (nSPS) is 19.0. The number of hydrogen-bond acceptors (Lipinski definition) is 4. The molecule has 0 radical (unpaired) electrons. The highest BCUT2D eigenvalue weighted by Crippen LogP contribution is 2.17. The van der Waals surface area contributed by atoms with Gasteiger partial charge in [-0.15, -0.1) is 0 Å². The minimum absolute atomic E-state index is 0.00242. The zero-order valence-electron chi connectivity index (χ0n) is 12.8. The van der Waals surface area contributed by atoms with Crippen LogP contribution in [0.15, 0.2) is 12.3 Å². The van der Waals surface area contributed by atoms with Gasteiger partial charge in [-0.1, -0.05) is 11.6 Å². The molecule has 1 unspecified atom stereocenters. The molecule has 0 aromatic carbocycles. The van der Waals surface area contributed by atoms with Crippen molar-refractivity contribution in [1.29, 1.82) is 0 Å². The van der Waals surface area contributed by atoms with Gasteiger partial charge in [-0.3, -0.25) is 9.59 Å². The van der Waals surface area contributed by atoms with E-state index in [1.54, 1.807) is 11.0 Å². The van der Waals surface area contributed by atoms with E-state index in [1.807, 2.05) is 6.92 Å². The van der Waals surface area contributed by atoms with Gasteiger partial charge in [0, 0.05) is 19.9 Å². The number of rotatable bonds is 4. The van der Waals surface area contributed by atoms with Crippen LogP contribution in [0.4, 0.5) is 5.82 Å². The van der Waals surface area contributed by atoms with Crippen molar-refractivity contribution < 1.29 is 14.3 Å². The highest BCUT2D eigenvalue weighted by Gasteiger charge is 2.28. The molecule has 120 valence electrons. The summed E-state index contributed by atoms with van der Waals surface area (Å²) in [6, 6.07) is 1.72. The number of carbonyl (C=O) groups excluding carboxylic acids is 2. The number of nitrogens with zero attached hydrogens (tertiary/aromatic N) is 2. The molecule has 1 saturated heterocycles. The molecule has 1 aliphatic heterocycles. The average Bonchev–Trinajstić information content (AvgIpc) is 2.64. The van der Waals surface area contributed by atoms with E-state index in [0.717, 1.165) is 18.4 Å². The third-order valence-corrected chi connectivity index (χ3v) is 3.86. The number of likely N-dealkylation sites (tertiary alicyclic amines) is 1. The Labute approximate surface area is 134 Å². The molecule has 2 rings (SSSR count). The number of carbonyl (C=O) groups is 2. The number of amides is 2. The molecular formula is C15H20ClN3O3. The summed E-state index contributed by atoms with van der Waals surface area (Å²) in [5.74, 6) is 0.0546. The number of methoxy groups -OCH3 is 1. The lowest BCUT2D eigenvalue weighted by Crippen LogP contribution is -2.43. The molecule has 1 aromatic rings. The van der Waals surface area contributed by atoms with Crippen LogP contribution in [-0.4, -0.2) is 48.0 Å². The Hall–Kier alpha value is -1.66. The summed E-state index contributed by atoms with van der Waals surface area (Å²) in [6.45, 7) is 2.38. The van der Waals surface area contributed by atoms with E-state index < -0.39 is 6.10 Å². The van der Waals surface area contributed by atoms with E-state index >= 15 is 0 Å². The average molecular weight is 326 g/mol. The van der Waals surface area contributed by atoms with Crippen molar-refractivity contribution in [3.05, 3.63) is 22.8 Å². The van der Waals surface area contributed by atoms with Gasteiger partial charge in [0.15, 0.2) is 0 Å². The second-order valence-corrected chi connectivity index (χ2v) is 5.78.